The zero-order chi connectivity index (χ0) is 45.6. The first-order valence-electron chi connectivity index (χ1n) is 27.6. The Morgan fingerprint density at radius 2 is 0.565 bits per heavy atom. The lowest BCUT2D eigenvalue weighted by molar-refractivity contribution is -0.167. The second-order valence-corrected chi connectivity index (χ2v) is 20.4. The van der Waals surface area contributed by atoms with E-state index in [0.717, 1.165) is 75.5 Å². The molecular formula is C56H108O6. The normalized spacial score (nSPS) is 12.6. The molecule has 0 aromatic heterocycles. The van der Waals surface area contributed by atoms with Gasteiger partial charge in [0.05, 0.1) is 0 Å². The highest BCUT2D eigenvalue weighted by molar-refractivity contribution is 5.71. The smallest absolute Gasteiger partial charge is 0.306 e. The van der Waals surface area contributed by atoms with Crippen LogP contribution in [0.2, 0.25) is 0 Å². The van der Waals surface area contributed by atoms with E-state index in [9.17, 15) is 14.4 Å². The van der Waals surface area contributed by atoms with Crippen LogP contribution in [0.15, 0.2) is 0 Å². The van der Waals surface area contributed by atoms with Gasteiger partial charge in [-0.25, -0.2) is 0 Å². The van der Waals surface area contributed by atoms with Gasteiger partial charge in [0.15, 0.2) is 6.10 Å². The molecule has 0 saturated carbocycles. The van der Waals surface area contributed by atoms with E-state index in [2.05, 4.69) is 41.5 Å². The maximum absolute atomic E-state index is 12.8. The molecule has 0 fully saturated rings. The number of carbonyl (C=O) groups is 3. The summed E-state index contributed by atoms with van der Waals surface area (Å²) in [6.45, 7) is 13.8. The predicted octanol–water partition coefficient (Wildman–Crippen LogP) is 17.9. The highest BCUT2D eigenvalue weighted by Gasteiger charge is 2.19. The maximum atomic E-state index is 12.8. The van der Waals surface area contributed by atoms with Crippen molar-refractivity contribution in [1.29, 1.82) is 0 Å². The molecule has 0 N–H and O–H groups in total. The van der Waals surface area contributed by atoms with Crippen molar-refractivity contribution in [2.45, 2.75) is 311 Å². The second kappa shape index (κ2) is 47.4. The van der Waals surface area contributed by atoms with E-state index in [0.29, 0.717) is 19.3 Å². The summed E-state index contributed by atoms with van der Waals surface area (Å²) in [6.07, 6.45) is 48.0. The van der Waals surface area contributed by atoms with E-state index in [-0.39, 0.29) is 31.1 Å². The zero-order valence-corrected chi connectivity index (χ0v) is 42.7. The van der Waals surface area contributed by atoms with Crippen LogP contribution in [0.25, 0.3) is 0 Å². The van der Waals surface area contributed by atoms with Gasteiger partial charge in [0.2, 0.25) is 0 Å². The van der Waals surface area contributed by atoms with Crippen LogP contribution in [-0.2, 0) is 28.6 Å². The summed E-state index contributed by atoms with van der Waals surface area (Å²) in [5, 5.41) is 0. The first kappa shape index (κ1) is 60.4. The summed E-state index contributed by atoms with van der Waals surface area (Å²) < 4.78 is 16.9. The average molecular weight is 877 g/mol. The first-order chi connectivity index (χ1) is 30.1. The highest BCUT2D eigenvalue weighted by atomic mass is 16.6. The van der Waals surface area contributed by atoms with Crippen LogP contribution >= 0.6 is 0 Å². The van der Waals surface area contributed by atoms with Gasteiger partial charge in [-0.15, -0.1) is 0 Å². The molecule has 0 aliphatic rings. The van der Waals surface area contributed by atoms with E-state index >= 15 is 0 Å². The highest BCUT2D eigenvalue weighted by Crippen LogP contribution is 2.18. The minimum Gasteiger partial charge on any atom is -0.462 e. The number of hydrogen-bond acceptors (Lipinski definition) is 6. The molecule has 2 atom stereocenters. The molecule has 368 valence electrons. The van der Waals surface area contributed by atoms with Gasteiger partial charge in [0, 0.05) is 19.3 Å². The van der Waals surface area contributed by atoms with Crippen LogP contribution in [-0.4, -0.2) is 37.2 Å². The molecule has 0 aromatic carbocycles. The molecule has 0 aromatic rings. The van der Waals surface area contributed by atoms with Gasteiger partial charge in [-0.2, -0.15) is 0 Å². The Kier molecular flexibility index (Phi) is 46.2. The number of carbonyl (C=O) groups excluding carboxylic acids is 3. The molecule has 0 aliphatic heterocycles. The lowest BCUT2D eigenvalue weighted by Gasteiger charge is -2.18. The Hall–Kier alpha value is -1.59. The number of rotatable bonds is 49. The van der Waals surface area contributed by atoms with Crippen molar-refractivity contribution in [3.63, 3.8) is 0 Å². The van der Waals surface area contributed by atoms with Crippen LogP contribution in [0.5, 0.6) is 0 Å². The van der Waals surface area contributed by atoms with Crippen molar-refractivity contribution < 1.29 is 28.6 Å². The van der Waals surface area contributed by atoms with E-state index in [1.807, 2.05) is 0 Å². The predicted molar refractivity (Wildman–Crippen MR) is 266 cm³/mol. The molecule has 0 heterocycles. The summed E-state index contributed by atoms with van der Waals surface area (Å²) in [7, 11) is 0. The monoisotopic (exact) mass is 877 g/mol. The lowest BCUT2D eigenvalue weighted by Crippen LogP contribution is -2.30. The van der Waals surface area contributed by atoms with Crippen molar-refractivity contribution in [1.82, 2.24) is 0 Å². The van der Waals surface area contributed by atoms with Crippen molar-refractivity contribution in [2.24, 2.45) is 17.8 Å². The quantitative estimate of drug-likeness (QED) is 0.0344. The zero-order valence-electron chi connectivity index (χ0n) is 42.7. The van der Waals surface area contributed by atoms with E-state index in [4.69, 9.17) is 14.2 Å². The molecule has 0 bridgehead atoms. The first-order valence-corrected chi connectivity index (χ1v) is 27.6. The van der Waals surface area contributed by atoms with Crippen LogP contribution < -0.4 is 0 Å². The van der Waals surface area contributed by atoms with Gasteiger partial charge in [0.1, 0.15) is 13.2 Å². The molecule has 62 heavy (non-hydrogen) atoms. The molecule has 0 aliphatic carbocycles. The Morgan fingerprint density at radius 1 is 0.323 bits per heavy atom. The molecule has 0 spiro atoms. The fraction of sp³-hybridized carbons (Fsp3) is 0.946. The van der Waals surface area contributed by atoms with Gasteiger partial charge < -0.3 is 14.2 Å². The Balaban J connectivity index is 4.29. The molecule has 0 amide bonds. The SMILES string of the molecule is CCC(C)CCCCCCCCCCC(=O)OC[C@@H](COC(=O)CCCCCCCCCCCCCCCCCC(C)C)OC(=O)CCCCCCCCCCCCCC(C)C. The van der Waals surface area contributed by atoms with E-state index in [1.165, 1.54) is 186 Å². The summed E-state index contributed by atoms with van der Waals surface area (Å²) in [5.74, 6) is 1.67. The van der Waals surface area contributed by atoms with Crippen molar-refractivity contribution in [3.8, 4) is 0 Å². The third-order valence-corrected chi connectivity index (χ3v) is 13.0. The van der Waals surface area contributed by atoms with Gasteiger partial charge >= 0.3 is 17.9 Å². The van der Waals surface area contributed by atoms with Gasteiger partial charge in [-0.3, -0.25) is 14.4 Å². The van der Waals surface area contributed by atoms with Crippen molar-refractivity contribution in [3.05, 3.63) is 0 Å². The molecular weight excluding hydrogens is 769 g/mol. The standard InChI is InChI=1S/C56H108O6/c1-7-52(6)44-38-32-26-22-23-28-34-40-46-55(58)61-49-53(62-56(59)47-41-35-29-21-17-13-15-19-25-31-37-43-51(4)5)48-60-54(57)45-39-33-27-20-16-12-10-8-9-11-14-18-24-30-36-42-50(2)3/h50-53H,7-49H2,1-6H3/t52?,53-/m1/s1. The molecule has 0 radical (unpaired) electrons. The number of ether oxygens (including phenoxy) is 3. The van der Waals surface area contributed by atoms with Crippen LogP contribution in [0, 0.1) is 17.8 Å². The third kappa shape index (κ3) is 47.9. The largest absolute Gasteiger partial charge is 0.462 e. The van der Waals surface area contributed by atoms with Gasteiger partial charge in [0.25, 0.3) is 0 Å². The summed E-state index contributed by atoms with van der Waals surface area (Å²) >= 11 is 0. The van der Waals surface area contributed by atoms with Gasteiger partial charge in [-0.1, -0.05) is 266 Å². The Labute approximate surface area is 387 Å². The van der Waals surface area contributed by atoms with Crippen LogP contribution in [0.3, 0.4) is 0 Å². The molecule has 6 nitrogen and oxygen atoms in total. The van der Waals surface area contributed by atoms with E-state index < -0.39 is 6.10 Å². The molecule has 1 unspecified atom stereocenters. The molecule has 6 heteroatoms. The average Bonchev–Trinajstić information content (AvgIpc) is 3.24. The number of esters is 3. The van der Waals surface area contributed by atoms with Gasteiger partial charge in [-0.05, 0) is 37.0 Å². The van der Waals surface area contributed by atoms with Crippen molar-refractivity contribution in [2.75, 3.05) is 13.2 Å². The van der Waals surface area contributed by atoms with E-state index in [1.54, 1.807) is 0 Å². The maximum Gasteiger partial charge on any atom is 0.306 e. The molecule has 0 saturated heterocycles. The summed E-state index contributed by atoms with van der Waals surface area (Å²) in [4.78, 5) is 38.0. The summed E-state index contributed by atoms with van der Waals surface area (Å²) in [5.41, 5.74) is 0. The Morgan fingerprint density at radius 3 is 0.839 bits per heavy atom. The fourth-order valence-corrected chi connectivity index (χ4v) is 8.44. The fourth-order valence-electron chi connectivity index (χ4n) is 8.44. The van der Waals surface area contributed by atoms with Crippen LogP contribution in [0.4, 0.5) is 0 Å². The van der Waals surface area contributed by atoms with Crippen LogP contribution in [0.1, 0.15) is 305 Å². The number of hydrogen-bond donors (Lipinski definition) is 0. The molecule has 0 rings (SSSR count). The topological polar surface area (TPSA) is 78.9 Å². The Bertz CT molecular complexity index is 962. The minimum absolute atomic E-state index is 0.0643. The third-order valence-electron chi connectivity index (χ3n) is 13.0. The second-order valence-electron chi connectivity index (χ2n) is 20.4. The lowest BCUT2D eigenvalue weighted by atomic mass is 9.99. The summed E-state index contributed by atoms with van der Waals surface area (Å²) in [6, 6.07) is 0. The van der Waals surface area contributed by atoms with Crippen molar-refractivity contribution >= 4 is 17.9 Å². The minimum atomic E-state index is -0.763. The number of unbranched alkanes of at least 4 members (excludes halogenated alkanes) is 31.